The normalized spacial score (nSPS) is 15.3. The van der Waals surface area contributed by atoms with Gasteiger partial charge in [0.2, 0.25) is 0 Å². The Balaban J connectivity index is 1.90. The fourth-order valence-corrected chi connectivity index (χ4v) is 3.39. The minimum absolute atomic E-state index is 0.609. The average Bonchev–Trinajstić information content (AvgIpc) is 3.04. The number of aromatic nitrogens is 2. The molecule has 1 aromatic carbocycles. The molecule has 1 fully saturated rings. The summed E-state index contributed by atoms with van der Waals surface area (Å²) in [6, 6.07) is 10.4. The van der Waals surface area contributed by atoms with Crippen LogP contribution >= 0.6 is 15.9 Å². The third-order valence-corrected chi connectivity index (χ3v) is 4.90. The Hall–Kier alpha value is -1.42. The van der Waals surface area contributed by atoms with Gasteiger partial charge in [0.25, 0.3) is 0 Å². The fourth-order valence-electron chi connectivity index (χ4n) is 2.97. The van der Waals surface area contributed by atoms with E-state index in [1.807, 2.05) is 13.1 Å². The standard InChI is InChI=1S/C17H20BrN3/c1-19-16-11-15(12-6-2-3-7-12)20-17(21-16)10-13-8-4-5-9-14(13)18/h4-5,8-9,11-12H,2-3,6-7,10H2,1H3,(H,19,20,21). The van der Waals surface area contributed by atoms with Gasteiger partial charge >= 0.3 is 0 Å². The van der Waals surface area contributed by atoms with Gasteiger partial charge in [0.05, 0.1) is 0 Å². The number of hydrogen-bond donors (Lipinski definition) is 1. The fraction of sp³-hybridized carbons (Fsp3) is 0.412. The number of hydrogen-bond acceptors (Lipinski definition) is 3. The summed E-state index contributed by atoms with van der Waals surface area (Å²) in [7, 11) is 1.92. The summed E-state index contributed by atoms with van der Waals surface area (Å²) in [5, 5.41) is 3.17. The number of anilines is 1. The maximum atomic E-state index is 4.83. The van der Waals surface area contributed by atoms with Crippen LogP contribution in [0.15, 0.2) is 34.8 Å². The number of rotatable bonds is 4. The molecule has 3 nitrogen and oxygen atoms in total. The van der Waals surface area contributed by atoms with Gasteiger partial charge < -0.3 is 5.32 Å². The quantitative estimate of drug-likeness (QED) is 0.884. The molecule has 1 saturated carbocycles. The highest BCUT2D eigenvalue weighted by Crippen LogP contribution is 2.34. The second-order valence-electron chi connectivity index (χ2n) is 5.59. The largest absolute Gasteiger partial charge is 0.373 e. The zero-order chi connectivity index (χ0) is 14.7. The molecule has 4 heteroatoms. The summed E-state index contributed by atoms with van der Waals surface area (Å²) in [5.74, 6) is 2.43. The van der Waals surface area contributed by atoms with Crippen molar-refractivity contribution in [3.8, 4) is 0 Å². The molecule has 0 atom stereocenters. The molecule has 3 rings (SSSR count). The van der Waals surface area contributed by atoms with Gasteiger partial charge in [-0.05, 0) is 24.5 Å². The lowest BCUT2D eigenvalue weighted by molar-refractivity contribution is 0.686. The van der Waals surface area contributed by atoms with E-state index in [0.717, 1.165) is 22.5 Å². The van der Waals surface area contributed by atoms with Crippen LogP contribution in [0.1, 0.15) is 48.7 Å². The third-order valence-electron chi connectivity index (χ3n) is 4.13. The first-order valence-corrected chi connectivity index (χ1v) is 8.34. The first kappa shape index (κ1) is 14.5. The van der Waals surface area contributed by atoms with Crippen LogP contribution in [0.25, 0.3) is 0 Å². The molecule has 21 heavy (non-hydrogen) atoms. The summed E-state index contributed by atoms with van der Waals surface area (Å²) in [6.45, 7) is 0. The Kier molecular flexibility index (Phi) is 4.54. The van der Waals surface area contributed by atoms with Gasteiger partial charge in [-0.1, -0.05) is 47.0 Å². The number of nitrogens with one attached hydrogen (secondary N) is 1. The zero-order valence-electron chi connectivity index (χ0n) is 12.3. The van der Waals surface area contributed by atoms with Crippen molar-refractivity contribution in [1.29, 1.82) is 0 Å². The molecule has 0 spiro atoms. The monoisotopic (exact) mass is 345 g/mol. The molecule has 1 aliphatic rings. The van der Waals surface area contributed by atoms with Crippen LogP contribution in [-0.2, 0) is 6.42 Å². The van der Waals surface area contributed by atoms with Crippen LogP contribution in [0.2, 0.25) is 0 Å². The van der Waals surface area contributed by atoms with Gasteiger partial charge in [-0.3, -0.25) is 0 Å². The number of nitrogens with zero attached hydrogens (tertiary/aromatic N) is 2. The lowest BCUT2D eigenvalue weighted by atomic mass is 10.0. The van der Waals surface area contributed by atoms with Crippen molar-refractivity contribution in [3.05, 3.63) is 51.9 Å². The molecule has 0 bridgehead atoms. The highest BCUT2D eigenvalue weighted by atomic mass is 79.9. The van der Waals surface area contributed by atoms with Crippen LogP contribution in [0, 0.1) is 0 Å². The van der Waals surface area contributed by atoms with E-state index in [9.17, 15) is 0 Å². The van der Waals surface area contributed by atoms with Gasteiger partial charge in [0, 0.05) is 35.6 Å². The average molecular weight is 346 g/mol. The van der Waals surface area contributed by atoms with E-state index in [0.29, 0.717) is 5.92 Å². The van der Waals surface area contributed by atoms with E-state index < -0.39 is 0 Å². The summed E-state index contributed by atoms with van der Waals surface area (Å²) in [6.07, 6.45) is 5.92. The summed E-state index contributed by atoms with van der Waals surface area (Å²) in [5.41, 5.74) is 2.43. The van der Waals surface area contributed by atoms with Crippen molar-refractivity contribution >= 4 is 21.7 Å². The van der Waals surface area contributed by atoms with Gasteiger partial charge in [-0.25, -0.2) is 9.97 Å². The van der Waals surface area contributed by atoms with E-state index >= 15 is 0 Å². The van der Waals surface area contributed by atoms with E-state index in [2.05, 4.69) is 50.5 Å². The predicted octanol–water partition coefficient (Wildman–Crippen LogP) is 4.53. The van der Waals surface area contributed by atoms with Crippen molar-refractivity contribution in [2.45, 2.75) is 38.0 Å². The van der Waals surface area contributed by atoms with Crippen LogP contribution < -0.4 is 5.32 Å². The lowest BCUT2D eigenvalue weighted by Gasteiger charge is -2.13. The maximum Gasteiger partial charge on any atom is 0.135 e. The molecular weight excluding hydrogens is 326 g/mol. The Labute approximate surface area is 134 Å². The molecule has 0 amide bonds. The van der Waals surface area contributed by atoms with Crippen molar-refractivity contribution in [2.24, 2.45) is 0 Å². The molecule has 1 N–H and O–H groups in total. The first-order chi connectivity index (χ1) is 10.3. The highest BCUT2D eigenvalue weighted by molar-refractivity contribution is 9.10. The number of halogens is 1. The third kappa shape index (κ3) is 3.43. The van der Waals surface area contributed by atoms with Gasteiger partial charge in [0.15, 0.2) is 0 Å². The maximum absolute atomic E-state index is 4.83. The lowest BCUT2D eigenvalue weighted by Crippen LogP contribution is -2.07. The molecule has 0 unspecified atom stereocenters. The second kappa shape index (κ2) is 6.56. The highest BCUT2D eigenvalue weighted by Gasteiger charge is 2.20. The van der Waals surface area contributed by atoms with Gasteiger partial charge in [-0.15, -0.1) is 0 Å². The Bertz CT molecular complexity index is 621. The van der Waals surface area contributed by atoms with Crippen LogP contribution in [0.4, 0.5) is 5.82 Å². The molecule has 0 aliphatic heterocycles. The summed E-state index contributed by atoms with van der Waals surface area (Å²) >= 11 is 3.60. The van der Waals surface area contributed by atoms with Crippen LogP contribution in [0.5, 0.6) is 0 Å². The van der Waals surface area contributed by atoms with E-state index in [4.69, 9.17) is 4.98 Å². The van der Waals surface area contributed by atoms with Crippen molar-refractivity contribution in [1.82, 2.24) is 9.97 Å². The van der Waals surface area contributed by atoms with E-state index in [-0.39, 0.29) is 0 Å². The Morgan fingerprint density at radius 1 is 1.19 bits per heavy atom. The minimum Gasteiger partial charge on any atom is -0.373 e. The SMILES string of the molecule is CNc1cc(C2CCCC2)nc(Cc2ccccc2Br)n1. The second-order valence-corrected chi connectivity index (χ2v) is 6.45. The molecule has 1 heterocycles. The van der Waals surface area contributed by atoms with Gasteiger partial charge in [-0.2, -0.15) is 0 Å². The van der Waals surface area contributed by atoms with Crippen molar-refractivity contribution in [3.63, 3.8) is 0 Å². The Morgan fingerprint density at radius 2 is 1.95 bits per heavy atom. The van der Waals surface area contributed by atoms with Crippen molar-refractivity contribution in [2.75, 3.05) is 12.4 Å². The van der Waals surface area contributed by atoms with Gasteiger partial charge in [0.1, 0.15) is 11.6 Å². The predicted molar refractivity (Wildman–Crippen MR) is 89.7 cm³/mol. The van der Waals surface area contributed by atoms with E-state index in [1.165, 1.54) is 36.9 Å². The van der Waals surface area contributed by atoms with Crippen LogP contribution in [-0.4, -0.2) is 17.0 Å². The molecule has 1 aromatic heterocycles. The van der Waals surface area contributed by atoms with E-state index in [1.54, 1.807) is 0 Å². The smallest absolute Gasteiger partial charge is 0.135 e. The zero-order valence-corrected chi connectivity index (χ0v) is 13.9. The molecule has 2 aromatic rings. The topological polar surface area (TPSA) is 37.8 Å². The molecule has 110 valence electrons. The van der Waals surface area contributed by atoms with Crippen LogP contribution in [0.3, 0.4) is 0 Å². The molecule has 0 saturated heterocycles. The summed E-state index contributed by atoms with van der Waals surface area (Å²) < 4.78 is 1.12. The minimum atomic E-state index is 0.609. The summed E-state index contributed by atoms with van der Waals surface area (Å²) in [4.78, 5) is 9.44. The molecular formula is C17H20BrN3. The first-order valence-electron chi connectivity index (χ1n) is 7.55. The Morgan fingerprint density at radius 3 is 2.67 bits per heavy atom. The molecule has 0 radical (unpaired) electrons. The van der Waals surface area contributed by atoms with Crippen molar-refractivity contribution < 1.29 is 0 Å². The molecule has 1 aliphatic carbocycles. The number of benzene rings is 1.